The molecule has 0 bridgehead atoms. The molecule has 5 heteroatoms. The molecule has 138 valence electrons. The third-order valence-corrected chi connectivity index (χ3v) is 5.47. The number of carbonyl (C=O) groups is 1. The van der Waals surface area contributed by atoms with Crippen molar-refractivity contribution in [2.45, 2.75) is 50.7 Å². The van der Waals surface area contributed by atoms with Gasteiger partial charge in [-0.1, -0.05) is 42.7 Å². The van der Waals surface area contributed by atoms with E-state index in [-0.39, 0.29) is 18.4 Å². The molecule has 1 saturated heterocycles. The standard InChI is InChI=1S/C20H30N2O3/c1-16-4-6-17(7-5-16)18(22-10-12-25-13-11-22)15-21-19(23)14-20(24)8-2-3-9-20/h4-7,18,24H,2-3,8-15H2,1H3,(H,21,23). The Bertz CT molecular complexity index is 561. The smallest absolute Gasteiger partial charge is 0.222 e. The summed E-state index contributed by atoms with van der Waals surface area (Å²) in [5, 5.41) is 13.5. The maximum atomic E-state index is 12.4. The van der Waals surface area contributed by atoms with Crippen LogP contribution >= 0.6 is 0 Å². The summed E-state index contributed by atoms with van der Waals surface area (Å²) in [6, 6.07) is 8.67. The summed E-state index contributed by atoms with van der Waals surface area (Å²) < 4.78 is 5.47. The topological polar surface area (TPSA) is 61.8 Å². The maximum Gasteiger partial charge on any atom is 0.222 e. The molecule has 0 aromatic heterocycles. The lowest BCUT2D eigenvalue weighted by Gasteiger charge is -2.35. The largest absolute Gasteiger partial charge is 0.389 e. The Kier molecular flexibility index (Phi) is 6.10. The summed E-state index contributed by atoms with van der Waals surface area (Å²) in [4.78, 5) is 14.7. The minimum absolute atomic E-state index is 0.0465. The van der Waals surface area contributed by atoms with Gasteiger partial charge in [-0.05, 0) is 25.3 Å². The molecule has 1 heterocycles. The number of ether oxygens (including phenoxy) is 1. The second kappa shape index (κ2) is 8.30. The summed E-state index contributed by atoms with van der Waals surface area (Å²) in [5.41, 5.74) is 1.66. The van der Waals surface area contributed by atoms with Crippen LogP contribution < -0.4 is 5.32 Å². The van der Waals surface area contributed by atoms with Crippen molar-refractivity contribution in [1.82, 2.24) is 10.2 Å². The second-order valence-electron chi connectivity index (χ2n) is 7.49. The first-order valence-electron chi connectivity index (χ1n) is 9.43. The van der Waals surface area contributed by atoms with Gasteiger partial charge < -0.3 is 15.2 Å². The number of hydrogen-bond donors (Lipinski definition) is 2. The van der Waals surface area contributed by atoms with Gasteiger partial charge in [-0.2, -0.15) is 0 Å². The minimum Gasteiger partial charge on any atom is -0.389 e. The number of nitrogens with one attached hydrogen (secondary N) is 1. The molecule has 25 heavy (non-hydrogen) atoms. The van der Waals surface area contributed by atoms with E-state index in [2.05, 4.69) is 41.4 Å². The van der Waals surface area contributed by atoms with Crippen molar-refractivity contribution >= 4 is 5.91 Å². The normalized spacial score (nSPS) is 21.8. The van der Waals surface area contributed by atoms with Crippen LogP contribution in [0.4, 0.5) is 0 Å². The number of benzene rings is 1. The van der Waals surface area contributed by atoms with Gasteiger partial charge >= 0.3 is 0 Å². The number of nitrogens with zero attached hydrogens (tertiary/aromatic N) is 1. The molecule has 1 aliphatic carbocycles. The number of hydrogen-bond acceptors (Lipinski definition) is 4. The molecule has 2 aliphatic rings. The molecule has 1 atom stereocenters. The predicted octanol–water partition coefficient (Wildman–Crippen LogP) is 2.18. The third-order valence-electron chi connectivity index (χ3n) is 5.47. The Morgan fingerprint density at radius 2 is 1.88 bits per heavy atom. The number of morpholine rings is 1. The summed E-state index contributed by atoms with van der Waals surface area (Å²) in [6.07, 6.45) is 3.74. The van der Waals surface area contributed by atoms with Crippen molar-refractivity contribution in [1.29, 1.82) is 0 Å². The van der Waals surface area contributed by atoms with Gasteiger partial charge in [0.25, 0.3) is 0 Å². The first-order chi connectivity index (χ1) is 12.1. The first-order valence-corrected chi connectivity index (χ1v) is 9.43. The lowest BCUT2D eigenvalue weighted by atomic mass is 9.97. The van der Waals surface area contributed by atoms with Crippen LogP contribution in [-0.4, -0.2) is 54.4 Å². The summed E-state index contributed by atoms with van der Waals surface area (Å²) in [5.74, 6) is -0.0465. The van der Waals surface area contributed by atoms with Crippen LogP contribution in [0.25, 0.3) is 0 Å². The molecule has 1 saturated carbocycles. The van der Waals surface area contributed by atoms with Gasteiger partial charge in [0.2, 0.25) is 5.91 Å². The lowest BCUT2D eigenvalue weighted by Crippen LogP contribution is -2.44. The number of carbonyl (C=O) groups excluding carboxylic acids is 1. The number of rotatable bonds is 6. The fourth-order valence-corrected chi connectivity index (χ4v) is 3.92. The van der Waals surface area contributed by atoms with Crippen LogP contribution in [0.1, 0.15) is 49.3 Å². The molecule has 1 amide bonds. The maximum absolute atomic E-state index is 12.4. The summed E-state index contributed by atoms with van der Waals surface area (Å²) in [6.45, 7) is 5.86. The van der Waals surface area contributed by atoms with Crippen molar-refractivity contribution in [3.05, 3.63) is 35.4 Å². The van der Waals surface area contributed by atoms with Crippen molar-refractivity contribution in [2.24, 2.45) is 0 Å². The SMILES string of the molecule is Cc1ccc(C(CNC(=O)CC2(O)CCCC2)N2CCOCC2)cc1. The van der Waals surface area contributed by atoms with Crippen LogP contribution in [0.5, 0.6) is 0 Å². The van der Waals surface area contributed by atoms with E-state index < -0.39 is 5.60 Å². The van der Waals surface area contributed by atoms with E-state index in [1.165, 1.54) is 11.1 Å². The van der Waals surface area contributed by atoms with Crippen molar-refractivity contribution in [2.75, 3.05) is 32.8 Å². The highest BCUT2D eigenvalue weighted by Crippen LogP contribution is 2.32. The van der Waals surface area contributed by atoms with Gasteiger partial charge in [-0.15, -0.1) is 0 Å². The predicted molar refractivity (Wildman–Crippen MR) is 97.4 cm³/mol. The molecule has 1 unspecified atom stereocenters. The van der Waals surface area contributed by atoms with Gasteiger partial charge in [0.1, 0.15) is 0 Å². The van der Waals surface area contributed by atoms with E-state index in [4.69, 9.17) is 4.74 Å². The fraction of sp³-hybridized carbons (Fsp3) is 0.650. The molecule has 3 rings (SSSR count). The quantitative estimate of drug-likeness (QED) is 0.829. The van der Waals surface area contributed by atoms with Gasteiger partial charge in [0.05, 0.1) is 31.3 Å². The van der Waals surface area contributed by atoms with Crippen LogP contribution in [0, 0.1) is 6.92 Å². The molecule has 2 fully saturated rings. The molecule has 1 aromatic carbocycles. The molecular weight excluding hydrogens is 316 g/mol. The van der Waals surface area contributed by atoms with Gasteiger partial charge in [-0.25, -0.2) is 0 Å². The highest BCUT2D eigenvalue weighted by molar-refractivity contribution is 5.77. The Morgan fingerprint density at radius 1 is 1.24 bits per heavy atom. The summed E-state index contributed by atoms with van der Waals surface area (Å²) >= 11 is 0. The minimum atomic E-state index is -0.789. The van der Waals surface area contributed by atoms with Crippen molar-refractivity contribution in [3.8, 4) is 0 Å². The van der Waals surface area contributed by atoms with E-state index in [1.807, 2.05) is 0 Å². The molecule has 1 aromatic rings. The first kappa shape index (κ1) is 18.4. The van der Waals surface area contributed by atoms with Crippen LogP contribution in [0.2, 0.25) is 0 Å². The number of aliphatic hydroxyl groups is 1. The zero-order valence-corrected chi connectivity index (χ0v) is 15.2. The Labute approximate surface area is 150 Å². The molecule has 5 nitrogen and oxygen atoms in total. The van der Waals surface area contributed by atoms with E-state index in [9.17, 15) is 9.90 Å². The van der Waals surface area contributed by atoms with E-state index >= 15 is 0 Å². The van der Waals surface area contributed by atoms with Crippen molar-refractivity contribution in [3.63, 3.8) is 0 Å². The third kappa shape index (κ3) is 5.03. The van der Waals surface area contributed by atoms with E-state index in [0.717, 1.165) is 52.0 Å². The van der Waals surface area contributed by atoms with Gasteiger partial charge in [0, 0.05) is 19.6 Å². The molecule has 0 radical (unpaired) electrons. The zero-order valence-electron chi connectivity index (χ0n) is 15.2. The lowest BCUT2D eigenvalue weighted by molar-refractivity contribution is -0.126. The van der Waals surface area contributed by atoms with Gasteiger partial charge in [0.15, 0.2) is 0 Å². The Balaban J connectivity index is 1.62. The molecular formula is C20H30N2O3. The second-order valence-corrected chi connectivity index (χ2v) is 7.49. The Hall–Kier alpha value is -1.43. The van der Waals surface area contributed by atoms with Crippen LogP contribution in [0.15, 0.2) is 24.3 Å². The molecule has 2 N–H and O–H groups in total. The summed E-state index contributed by atoms with van der Waals surface area (Å²) in [7, 11) is 0. The van der Waals surface area contributed by atoms with E-state index in [1.54, 1.807) is 0 Å². The fourth-order valence-electron chi connectivity index (χ4n) is 3.92. The zero-order chi connectivity index (χ0) is 17.7. The van der Waals surface area contributed by atoms with Crippen LogP contribution in [0.3, 0.4) is 0 Å². The number of amides is 1. The molecule has 0 spiro atoms. The van der Waals surface area contributed by atoms with Gasteiger partial charge in [-0.3, -0.25) is 9.69 Å². The average molecular weight is 346 g/mol. The highest BCUT2D eigenvalue weighted by atomic mass is 16.5. The van der Waals surface area contributed by atoms with E-state index in [0.29, 0.717) is 6.54 Å². The number of aryl methyl sites for hydroxylation is 1. The molecule has 1 aliphatic heterocycles. The van der Waals surface area contributed by atoms with Crippen molar-refractivity contribution < 1.29 is 14.6 Å². The highest BCUT2D eigenvalue weighted by Gasteiger charge is 2.33. The average Bonchev–Trinajstić information content (AvgIpc) is 3.03. The Morgan fingerprint density at radius 3 is 2.52 bits per heavy atom. The monoisotopic (exact) mass is 346 g/mol. The van der Waals surface area contributed by atoms with Crippen LogP contribution in [-0.2, 0) is 9.53 Å².